The first-order valence-corrected chi connectivity index (χ1v) is 8.45. The third-order valence-corrected chi connectivity index (χ3v) is 5.31. The zero-order chi connectivity index (χ0) is 16.4. The molecule has 126 valence electrons. The van der Waals surface area contributed by atoms with Crippen LogP contribution in [-0.2, 0) is 0 Å². The molecule has 2 amide bonds. The van der Waals surface area contributed by atoms with Crippen LogP contribution in [0.25, 0.3) is 0 Å². The Morgan fingerprint density at radius 3 is 3.00 bits per heavy atom. The van der Waals surface area contributed by atoms with Crippen LogP contribution in [0.2, 0.25) is 0 Å². The lowest BCUT2D eigenvalue weighted by Crippen LogP contribution is -2.55. The molecule has 2 fully saturated rings. The second kappa shape index (κ2) is 6.40. The van der Waals surface area contributed by atoms with Crippen LogP contribution in [0.5, 0.6) is 5.75 Å². The molecule has 5 heteroatoms. The third kappa shape index (κ3) is 3.29. The molecule has 1 saturated carbocycles. The van der Waals surface area contributed by atoms with Crippen molar-refractivity contribution in [3.05, 3.63) is 23.8 Å². The Balaban J connectivity index is 1.68. The first-order chi connectivity index (χ1) is 11.0. The average molecular weight is 318 g/mol. The lowest BCUT2D eigenvalue weighted by molar-refractivity contribution is -0.0863. The number of nitrogens with one attached hydrogen (secondary N) is 1. The van der Waals surface area contributed by atoms with Gasteiger partial charge in [0, 0.05) is 19.0 Å². The summed E-state index contributed by atoms with van der Waals surface area (Å²) in [6.07, 6.45) is 4.80. The van der Waals surface area contributed by atoms with Crippen molar-refractivity contribution in [1.82, 2.24) is 4.90 Å². The highest BCUT2D eigenvalue weighted by Gasteiger charge is 2.43. The van der Waals surface area contributed by atoms with E-state index in [0.717, 1.165) is 31.2 Å². The predicted octanol–water partition coefficient (Wildman–Crippen LogP) is 3.16. The molecule has 1 saturated heterocycles. The smallest absolute Gasteiger partial charge is 0.321 e. The van der Waals surface area contributed by atoms with E-state index < -0.39 is 5.60 Å². The van der Waals surface area contributed by atoms with E-state index in [4.69, 9.17) is 4.74 Å². The summed E-state index contributed by atoms with van der Waals surface area (Å²) in [7, 11) is 1.60. The molecule has 0 bridgehead atoms. The van der Waals surface area contributed by atoms with Crippen LogP contribution in [-0.4, -0.2) is 41.8 Å². The molecular formula is C18H26N2O3. The van der Waals surface area contributed by atoms with Gasteiger partial charge < -0.3 is 20.1 Å². The number of ether oxygens (including phenoxy) is 1. The van der Waals surface area contributed by atoms with Crippen molar-refractivity contribution in [3.8, 4) is 5.75 Å². The summed E-state index contributed by atoms with van der Waals surface area (Å²) in [4.78, 5) is 14.4. The number of carbonyl (C=O) groups is 1. The van der Waals surface area contributed by atoms with Crippen LogP contribution in [0.1, 0.15) is 37.7 Å². The molecule has 1 heterocycles. The Kier molecular flexibility index (Phi) is 4.48. The van der Waals surface area contributed by atoms with Gasteiger partial charge in [0.25, 0.3) is 0 Å². The molecule has 0 spiro atoms. The van der Waals surface area contributed by atoms with Gasteiger partial charge in [0.1, 0.15) is 5.75 Å². The molecule has 23 heavy (non-hydrogen) atoms. The molecule has 5 nitrogen and oxygen atoms in total. The molecule has 2 aliphatic rings. The number of hydrogen-bond donors (Lipinski definition) is 2. The predicted molar refractivity (Wildman–Crippen MR) is 89.8 cm³/mol. The molecule has 1 aliphatic carbocycles. The van der Waals surface area contributed by atoms with Gasteiger partial charge in [0.05, 0.1) is 18.4 Å². The summed E-state index contributed by atoms with van der Waals surface area (Å²) >= 11 is 0. The Morgan fingerprint density at radius 2 is 2.22 bits per heavy atom. The number of rotatable bonds is 2. The maximum absolute atomic E-state index is 12.6. The van der Waals surface area contributed by atoms with Crippen LogP contribution in [0, 0.1) is 12.8 Å². The van der Waals surface area contributed by atoms with Crippen LogP contribution in [0.4, 0.5) is 10.5 Å². The number of likely N-dealkylation sites (tertiary alicyclic amines) is 1. The molecule has 1 aromatic rings. The van der Waals surface area contributed by atoms with Gasteiger partial charge in [-0.25, -0.2) is 4.79 Å². The van der Waals surface area contributed by atoms with Crippen molar-refractivity contribution in [2.24, 2.45) is 5.92 Å². The molecule has 0 aromatic heterocycles. The van der Waals surface area contributed by atoms with Crippen LogP contribution in [0.3, 0.4) is 0 Å². The fraction of sp³-hybridized carbons (Fsp3) is 0.611. The van der Waals surface area contributed by atoms with Crippen molar-refractivity contribution in [2.75, 3.05) is 25.5 Å². The summed E-state index contributed by atoms with van der Waals surface area (Å²) in [5, 5.41) is 13.7. The van der Waals surface area contributed by atoms with Gasteiger partial charge >= 0.3 is 6.03 Å². The summed E-state index contributed by atoms with van der Waals surface area (Å²) in [5.41, 5.74) is 1.21. The first kappa shape index (κ1) is 16.1. The number of carbonyl (C=O) groups excluding carboxylic acids is 1. The third-order valence-electron chi connectivity index (χ3n) is 5.31. The molecule has 1 aromatic carbocycles. The highest BCUT2D eigenvalue weighted by molar-refractivity contribution is 5.91. The second-order valence-electron chi connectivity index (χ2n) is 6.88. The van der Waals surface area contributed by atoms with Gasteiger partial charge in [0.2, 0.25) is 0 Å². The topological polar surface area (TPSA) is 61.8 Å². The number of benzene rings is 1. The van der Waals surface area contributed by atoms with Crippen molar-refractivity contribution in [2.45, 2.75) is 44.6 Å². The van der Waals surface area contributed by atoms with Crippen molar-refractivity contribution in [1.29, 1.82) is 0 Å². The Bertz CT molecular complexity index is 590. The number of fused-ring (bicyclic) bond motifs is 1. The van der Waals surface area contributed by atoms with E-state index in [1.165, 1.54) is 0 Å². The molecule has 2 atom stereocenters. The lowest BCUT2D eigenvalue weighted by Gasteiger charge is -2.47. The van der Waals surface area contributed by atoms with Crippen molar-refractivity contribution < 1.29 is 14.6 Å². The fourth-order valence-electron chi connectivity index (χ4n) is 3.87. The van der Waals surface area contributed by atoms with E-state index in [0.29, 0.717) is 30.9 Å². The minimum Gasteiger partial charge on any atom is -0.495 e. The van der Waals surface area contributed by atoms with Crippen LogP contribution < -0.4 is 10.1 Å². The number of urea groups is 1. The minimum atomic E-state index is -0.559. The van der Waals surface area contributed by atoms with E-state index in [1.807, 2.05) is 30.0 Å². The number of aliphatic hydroxyl groups is 1. The number of aryl methyl sites for hydroxylation is 1. The number of nitrogens with zero attached hydrogens (tertiary/aromatic N) is 1. The van der Waals surface area contributed by atoms with E-state index in [2.05, 4.69) is 5.32 Å². The average Bonchev–Trinajstić information content (AvgIpc) is 2.54. The summed E-state index contributed by atoms with van der Waals surface area (Å²) in [6.45, 7) is 3.22. The second-order valence-corrected chi connectivity index (χ2v) is 6.88. The molecular weight excluding hydrogens is 292 g/mol. The number of methoxy groups -OCH3 is 1. The van der Waals surface area contributed by atoms with Gasteiger partial charge in [-0.2, -0.15) is 0 Å². The van der Waals surface area contributed by atoms with Gasteiger partial charge in [-0.15, -0.1) is 0 Å². The SMILES string of the molecule is COc1ccc(C)cc1NC(=O)N1CC[C@@]2(O)CCCC[C@H]2C1. The Morgan fingerprint density at radius 1 is 1.39 bits per heavy atom. The summed E-state index contributed by atoms with van der Waals surface area (Å²) in [6, 6.07) is 5.62. The molecule has 2 N–H and O–H groups in total. The standard InChI is InChI=1S/C18H26N2O3/c1-13-6-7-16(23-2)15(11-13)19-17(21)20-10-9-18(22)8-4-3-5-14(18)12-20/h6-7,11,14,22H,3-5,8-10,12H2,1-2H3,(H,19,21)/t14-,18-/m0/s1. The Labute approximate surface area is 137 Å². The monoisotopic (exact) mass is 318 g/mol. The normalized spacial score (nSPS) is 27.3. The largest absolute Gasteiger partial charge is 0.495 e. The van der Waals surface area contributed by atoms with E-state index >= 15 is 0 Å². The maximum Gasteiger partial charge on any atom is 0.321 e. The quantitative estimate of drug-likeness (QED) is 0.880. The van der Waals surface area contributed by atoms with Crippen LogP contribution >= 0.6 is 0 Å². The molecule has 0 radical (unpaired) electrons. The number of hydrogen-bond acceptors (Lipinski definition) is 3. The molecule has 0 unspecified atom stereocenters. The summed E-state index contributed by atoms with van der Waals surface area (Å²) < 4.78 is 5.32. The van der Waals surface area contributed by atoms with Gasteiger partial charge in [-0.3, -0.25) is 0 Å². The number of piperidine rings is 1. The van der Waals surface area contributed by atoms with E-state index in [-0.39, 0.29) is 11.9 Å². The van der Waals surface area contributed by atoms with Crippen molar-refractivity contribution in [3.63, 3.8) is 0 Å². The Hall–Kier alpha value is -1.75. The first-order valence-electron chi connectivity index (χ1n) is 8.45. The maximum atomic E-state index is 12.6. The zero-order valence-corrected chi connectivity index (χ0v) is 14.0. The minimum absolute atomic E-state index is 0.110. The lowest BCUT2D eigenvalue weighted by atomic mass is 9.71. The highest BCUT2D eigenvalue weighted by Crippen LogP contribution is 2.40. The van der Waals surface area contributed by atoms with Gasteiger partial charge in [-0.1, -0.05) is 18.9 Å². The number of amides is 2. The van der Waals surface area contributed by atoms with Crippen molar-refractivity contribution >= 4 is 11.7 Å². The fourth-order valence-corrected chi connectivity index (χ4v) is 3.87. The molecule has 1 aliphatic heterocycles. The number of anilines is 1. The van der Waals surface area contributed by atoms with E-state index in [1.54, 1.807) is 7.11 Å². The van der Waals surface area contributed by atoms with Gasteiger partial charge in [0.15, 0.2) is 0 Å². The summed E-state index contributed by atoms with van der Waals surface area (Å²) in [5.74, 6) is 0.866. The zero-order valence-electron chi connectivity index (χ0n) is 14.0. The van der Waals surface area contributed by atoms with E-state index in [9.17, 15) is 9.90 Å². The van der Waals surface area contributed by atoms with Gasteiger partial charge in [-0.05, 0) is 43.9 Å². The molecule has 3 rings (SSSR count). The highest BCUT2D eigenvalue weighted by atomic mass is 16.5. The van der Waals surface area contributed by atoms with Crippen LogP contribution in [0.15, 0.2) is 18.2 Å².